The van der Waals surface area contributed by atoms with Crippen LogP contribution in [0.4, 0.5) is 0 Å². The first-order chi connectivity index (χ1) is 11.0. The van der Waals surface area contributed by atoms with Crippen molar-refractivity contribution in [2.24, 2.45) is 0 Å². The summed E-state index contributed by atoms with van der Waals surface area (Å²) in [5.41, 5.74) is 0.337. The minimum atomic E-state index is -1.20. The maximum atomic E-state index is 11.9. The van der Waals surface area contributed by atoms with Crippen LogP contribution in [0.15, 0.2) is 22.6 Å². The molecular formula is C17H21N3O3. The smallest absolute Gasteiger partial charge is 0.341 e. The second-order valence-electron chi connectivity index (χ2n) is 6.03. The van der Waals surface area contributed by atoms with Gasteiger partial charge in [0.25, 0.3) is 5.56 Å². The summed E-state index contributed by atoms with van der Waals surface area (Å²) in [6.45, 7) is 3.93. The Labute approximate surface area is 134 Å². The zero-order valence-electron chi connectivity index (χ0n) is 13.2. The van der Waals surface area contributed by atoms with Crippen molar-refractivity contribution in [1.82, 2.24) is 14.8 Å². The fourth-order valence-corrected chi connectivity index (χ4v) is 2.97. The van der Waals surface area contributed by atoms with Gasteiger partial charge in [-0.15, -0.1) is 0 Å². The van der Waals surface area contributed by atoms with Gasteiger partial charge in [0.15, 0.2) is 0 Å². The maximum absolute atomic E-state index is 11.9. The van der Waals surface area contributed by atoms with E-state index in [9.17, 15) is 9.59 Å². The number of carbonyl (C=O) groups is 1. The summed E-state index contributed by atoms with van der Waals surface area (Å²) in [4.78, 5) is 30.4. The predicted molar refractivity (Wildman–Crippen MR) is 88.6 cm³/mol. The molecule has 2 N–H and O–H groups in total. The Balaban J connectivity index is 2.05. The molecule has 1 saturated heterocycles. The summed E-state index contributed by atoms with van der Waals surface area (Å²) in [5, 5.41) is 10.6. The van der Waals surface area contributed by atoms with Gasteiger partial charge < -0.3 is 19.9 Å². The molecule has 1 fully saturated rings. The molecule has 0 atom stereocenters. The normalized spacial score (nSPS) is 18.8. The van der Waals surface area contributed by atoms with Crippen molar-refractivity contribution in [1.29, 1.82) is 0 Å². The molecule has 1 aliphatic carbocycles. The predicted octanol–water partition coefficient (Wildman–Crippen LogP) is -0.441. The summed E-state index contributed by atoms with van der Waals surface area (Å²) < 4.78 is 0. The highest BCUT2D eigenvalue weighted by Crippen LogP contribution is 2.12. The van der Waals surface area contributed by atoms with Gasteiger partial charge in [-0.25, -0.2) is 4.79 Å². The second kappa shape index (κ2) is 6.42. The second-order valence-corrected chi connectivity index (χ2v) is 6.03. The number of likely N-dealkylation sites (N-methyl/N-ethyl adjacent to an activating group) is 1. The van der Waals surface area contributed by atoms with E-state index < -0.39 is 11.5 Å². The van der Waals surface area contributed by atoms with E-state index in [1.165, 1.54) is 6.07 Å². The molecule has 23 heavy (non-hydrogen) atoms. The first-order valence-electron chi connectivity index (χ1n) is 7.87. The van der Waals surface area contributed by atoms with Crippen molar-refractivity contribution in [3.63, 3.8) is 0 Å². The molecule has 2 aliphatic rings. The van der Waals surface area contributed by atoms with Crippen LogP contribution in [0.25, 0.3) is 12.2 Å². The highest BCUT2D eigenvalue weighted by Gasteiger charge is 2.16. The van der Waals surface area contributed by atoms with Gasteiger partial charge in [0.2, 0.25) is 0 Å². The lowest BCUT2D eigenvalue weighted by molar-refractivity contribution is 0.0694. The monoisotopic (exact) mass is 315 g/mol. The lowest BCUT2D eigenvalue weighted by atomic mass is 10.1. The molecule has 1 aromatic rings. The van der Waals surface area contributed by atoms with Gasteiger partial charge in [-0.3, -0.25) is 4.79 Å². The average Bonchev–Trinajstić information content (AvgIpc) is 2.49. The number of hydrogen-bond acceptors (Lipinski definition) is 4. The number of H-pyrrole nitrogens is 1. The number of aromatic carboxylic acids is 1. The third-order valence-electron chi connectivity index (χ3n) is 4.38. The molecule has 0 aromatic carbocycles. The van der Waals surface area contributed by atoms with Gasteiger partial charge in [0, 0.05) is 31.9 Å². The molecule has 6 heteroatoms. The van der Waals surface area contributed by atoms with Gasteiger partial charge in [-0.1, -0.05) is 12.2 Å². The van der Waals surface area contributed by atoms with Crippen LogP contribution in [0.2, 0.25) is 0 Å². The molecule has 1 aliphatic heterocycles. The number of carboxylic acids is 1. The molecule has 0 amide bonds. The number of carboxylic acid groups (broad SMARTS) is 1. The van der Waals surface area contributed by atoms with E-state index in [2.05, 4.69) is 27.9 Å². The highest BCUT2D eigenvalue weighted by atomic mass is 16.4. The highest BCUT2D eigenvalue weighted by molar-refractivity contribution is 5.87. The van der Waals surface area contributed by atoms with Gasteiger partial charge >= 0.3 is 5.97 Å². The standard InChI is InChI=1S/C17H21N3O3/c1-19-6-8-20(9-7-19)13-5-3-2-4-12-10-14(17(22)23)16(21)18-15(12)11-13/h4-5,10-11H,2-3,6-9H2,1H3,(H,18,21)(H,22,23). The summed E-state index contributed by atoms with van der Waals surface area (Å²) in [6.07, 6.45) is 7.85. The first kappa shape index (κ1) is 15.6. The third-order valence-corrected chi connectivity index (χ3v) is 4.38. The number of rotatable bonds is 2. The zero-order chi connectivity index (χ0) is 16.4. The minimum absolute atomic E-state index is 0.209. The van der Waals surface area contributed by atoms with Crippen molar-refractivity contribution in [2.75, 3.05) is 33.2 Å². The Morgan fingerprint density at radius 3 is 2.57 bits per heavy atom. The average molecular weight is 315 g/mol. The Kier molecular flexibility index (Phi) is 4.34. The minimum Gasteiger partial charge on any atom is -0.477 e. The van der Waals surface area contributed by atoms with Crippen LogP contribution in [0.3, 0.4) is 0 Å². The number of nitrogens with one attached hydrogen (secondary N) is 1. The van der Waals surface area contributed by atoms with E-state index in [0.29, 0.717) is 5.35 Å². The van der Waals surface area contributed by atoms with Crippen LogP contribution in [0, 0.1) is 0 Å². The van der Waals surface area contributed by atoms with E-state index in [-0.39, 0.29) is 5.56 Å². The Bertz CT molecular complexity index is 814. The molecule has 0 radical (unpaired) electrons. The molecule has 1 aromatic heterocycles. The first-order valence-corrected chi connectivity index (χ1v) is 7.87. The number of nitrogens with zero attached hydrogens (tertiary/aromatic N) is 2. The fraction of sp³-hybridized carbons (Fsp3) is 0.412. The van der Waals surface area contributed by atoms with Crippen LogP contribution in [0.5, 0.6) is 0 Å². The fourth-order valence-electron chi connectivity index (χ4n) is 2.97. The van der Waals surface area contributed by atoms with Crippen LogP contribution >= 0.6 is 0 Å². The molecule has 3 rings (SSSR count). The van der Waals surface area contributed by atoms with Crippen LogP contribution in [-0.2, 0) is 0 Å². The topological polar surface area (TPSA) is 76.6 Å². The van der Waals surface area contributed by atoms with E-state index in [4.69, 9.17) is 5.11 Å². The number of fused-ring (bicyclic) bond motifs is 1. The van der Waals surface area contributed by atoms with Gasteiger partial charge in [-0.2, -0.15) is 0 Å². The lowest BCUT2D eigenvalue weighted by Crippen LogP contribution is -2.44. The van der Waals surface area contributed by atoms with E-state index in [0.717, 1.165) is 49.9 Å². The third kappa shape index (κ3) is 3.37. The number of aromatic amines is 1. The van der Waals surface area contributed by atoms with E-state index >= 15 is 0 Å². The Morgan fingerprint density at radius 1 is 1.17 bits per heavy atom. The molecule has 2 heterocycles. The quantitative estimate of drug-likeness (QED) is 0.774. The number of aromatic nitrogens is 1. The summed E-state index contributed by atoms with van der Waals surface area (Å²) in [5.74, 6) is -1.20. The molecule has 0 saturated carbocycles. The Morgan fingerprint density at radius 2 is 1.87 bits per heavy atom. The zero-order valence-corrected chi connectivity index (χ0v) is 13.2. The lowest BCUT2D eigenvalue weighted by Gasteiger charge is -2.34. The SMILES string of the molecule is CN1CCN(C2=CCCC=c3cc(C(=O)O)c(=O)[nH]c3=C2)CC1. The molecule has 6 nitrogen and oxygen atoms in total. The number of piperazine rings is 1. The largest absolute Gasteiger partial charge is 0.477 e. The van der Waals surface area contributed by atoms with Crippen LogP contribution in [0.1, 0.15) is 23.2 Å². The maximum Gasteiger partial charge on any atom is 0.341 e. The number of hydrogen-bond donors (Lipinski definition) is 2. The molecule has 0 spiro atoms. The number of allylic oxidation sites excluding steroid dienone is 2. The number of pyridine rings is 1. The van der Waals surface area contributed by atoms with E-state index in [1.807, 2.05) is 12.2 Å². The molecule has 122 valence electrons. The van der Waals surface area contributed by atoms with Crippen LogP contribution < -0.4 is 16.1 Å². The van der Waals surface area contributed by atoms with Crippen molar-refractivity contribution in [2.45, 2.75) is 12.8 Å². The van der Waals surface area contributed by atoms with Gasteiger partial charge in [-0.05, 0) is 37.3 Å². The van der Waals surface area contributed by atoms with Gasteiger partial charge in [0.1, 0.15) is 5.56 Å². The van der Waals surface area contributed by atoms with E-state index in [1.54, 1.807) is 0 Å². The van der Waals surface area contributed by atoms with Crippen molar-refractivity contribution < 1.29 is 9.90 Å². The van der Waals surface area contributed by atoms with Crippen molar-refractivity contribution in [3.8, 4) is 0 Å². The molecular weight excluding hydrogens is 294 g/mol. The van der Waals surface area contributed by atoms with Crippen LogP contribution in [-0.4, -0.2) is 59.1 Å². The Hall–Kier alpha value is -2.34. The summed E-state index contributed by atoms with van der Waals surface area (Å²) >= 11 is 0. The van der Waals surface area contributed by atoms with Crippen molar-refractivity contribution in [3.05, 3.63) is 44.3 Å². The molecule has 0 unspecified atom stereocenters. The van der Waals surface area contributed by atoms with Gasteiger partial charge in [0.05, 0.1) is 5.35 Å². The summed E-state index contributed by atoms with van der Waals surface area (Å²) in [6, 6.07) is 1.47. The molecule has 0 bridgehead atoms. The summed E-state index contributed by atoms with van der Waals surface area (Å²) in [7, 11) is 2.11. The van der Waals surface area contributed by atoms with Crippen molar-refractivity contribution >= 4 is 18.1 Å².